The molecule has 0 heterocycles. The summed E-state index contributed by atoms with van der Waals surface area (Å²) in [6.07, 6.45) is 0. The quantitative estimate of drug-likeness (QED) is 0.796. The Balaban J connectivity index is 2.34. The fourth-order valence-electron chi connectivity index (χ4n) is 1.35. The average molecular weight is 252 g/mol. The summed E-state index contributed by atoms with van der Waals surface area (Å²) in [5.41, 5.74) is 6.04. The van der Waals surface area contributed by atoms with Gasteiger partial charge >= 0.3 is 0 Å². The van der Waals surface area contributed by atoms with Gasteiger partial charge in [0, 0.05) is 0 Å². The van der Waals surface area contributed by atoms with Crippen LogP contribution in [0.15, 0.2) is 30.3 Å². The molecule has 4 nitrogen and oxygen atoms in total. The average Bonchev–Trinajstić information content (AvgIpc) is 2.29. The molecule has 0 aliphatic rings. The van der Waals surface area contributed by atoms with E-state index < -0.39 is 5.91 Å². The number of rotatable bonds is 6. The Morgan fingerprint density at radius 1 is 1.29 bits per heavy atom. The molecular formula is C12H16N2O2S. The Kier molecular flexibility index (Phi) is 5.56. The standard InChI is InChI=1S/C12H16N2O2S/c1-9(10-5-3-2-4-6-10)14-12(16)8-17-7-11(13)15/h2-6,9H,7-8H2,1H3,(H2,13,15)(H,14,16). The Morgan fingerprint density at radius 3 is 2.53 bits per heavy atom. The lowest BCUT2D eigenvalue weighted by Gasteiger charge is -2.13. The van der Waals surface area contributed by atoms with Gasteiger partial charge in [-0.3, -0.25) is 9.59 Å². The fourth-order valence-corrected chi connectivity index (χ4v) is 1.92. The van der Waals surface area contributed by atoms with Gasteiger partial charge in [0.1, 0.15) is 0 Å². The predicted octanol–water partition coefficient (Wildman–Crippen LogP) is 1.08. The van der Waals surface area contributed by atoms with Gasteiger partial charge in [-0.05, 0) is 12.5 Å². The molecule has 1 unspecified atom stereocenters. The molecule has 1 rings (SSSR count). The van der Waals surface area contributed by atoms with Crippen molar-refractivity contribution in [2.24, 2.45) is 5.73 Å². The summed E-state index contributed by atoms with van der Waals surface area (Å²) < 4.78 is 0. The zero-order chi connectivity index (χ0) is 12.7. The summed E-state index contributed by atoms with van der Waals surface area (Å²) in [6, 6.07) is 9.68. The number of nitrogens with two attached hydrogens (primary N) is 1. The summed E-state index contributed by atoms with van der Waals surface area (Å²) in [4.78, 5) is 22.0. The van der Waals surface area contributed by atoms with Gasteiger partial charge in [0.25, 0.3) is 0 Å². The summed E-state index contributed by atoms with van der Waals surface area (Å²) >= 11 is 1.22. The van der Waals surface area contributed by atoms with E-state index in [1.165, 1.54) is 11.8 Å². The molecule has 1 aromatic rings. The van der Waals surface area contributed by atoms with E-state index in [0.29, 0.717) is 0 Å². The second-order valence-electron chi connectivity index (χ2n) is 3.66. The first-order valence-electron chi connectivity index (χ1n) is 5.30. The van der Waals surface area contributed by atoms with E-state index in [4.69, 9.17) is 5.73 Å². The molecule has 1 atom stereocenters. The fraction of sp³-hybridized carbons (Fsp3) is 0.333. The van der Waals surface area contributed by atoms with E-state index >= 15 is 0 Å². The minimum atomic E-state index is -0.404. The van der Waals surface area contributed by atoms with Gasteiger partial charge in [0.2, 0.25) is 11.8 Å². The number of amides is 2. The van der Waals surface area contributed by atoms with Crippen LogP contribution in [-0.4, -0.2) is 23.3 Å². The zero-order valence-electron chi connectivity index (χ0n) is 9.68. The van der Waals surface area contributed by atoms with Crippen molar-refractivity contribution >= 4 is 23.6 Å². The van der Waals surface area contributed by atoms with E-state index in [9.17, 15) is 9.59 Å². The summed E-state index contributed by atoms with van der Waals surface area (Å²) in [7, 11) is 0. The van der Waals surface area contributed by atoms with Crippen molar-refractivity contribution < 1.29 is 9.59 Å². The summed E-state index contributed by atoms with van der Waals surface area (Å²) in [5.74, 6) is -0.0701. The van der Waals surface area contributed by atoms with Crippen LogP contribution in [0.1, 0.15) is 18.5 Å². The van der Waals surface area contributed by atoms with Crippen LogP contribution in [0.3, 0.4) is 0 Å². The van der Waals surface area contributed by atoms with Gasteiger partial charge < -0.3 is 11.1 Å². The van der Waals surface area contributed by atoms with Gasteiger partial charge in [-0.25, -0.2) is 0 Å². The SMILES string of the molecule is CC(NC(=O)CSCC(N)=O)c1ccccc1. The summed E-state index contributed by atoms with van der Waals surface area (Å²) in [5, 5.41) is 2.86. The molecule has 2 amide bonds. The Bertz CT molecular complexity index is 381. The van der Waals surface area contributed by atoms with Gasteiger partial charge in [-0.2, -0.15) is 0 Å². The number of hydrogen-bond acceptors (Lipinski definition) is 3. The second-order valence-corrected chi connectivity index (χ2v) is 4.64. The van der Waals surface area contributed by atoms with Crippen molar-refractivity contribution in [1.29, 1.82) is 0 Å². The smallest absolute Gasteiger partial charge is 0.230 e. The molecule has 0 fully saturated rings. The highest BCUT2D eigenvalue weighted by atomic mass is 32.2. The topological polar surface area (TPSA) is 72.2 Å². The third-order valence-corrected chi connectivity index (χ3v) is 3.11. The molecule has 0 aliphatic heterocycles. The van der Waals surface area contributed by atoms with Gasteiger partial charge in [-0.15, -0.1) is 11.8 Å². The van der Waals surface area contributed by atoms with Gasteiger partial charge in [-0.1, -0.05) is 30.3 Å². The minimum Gasteiger partial charge on any atom is -0.369 e. The first-order chi connectivity index (χ1) is 8.09. The monoisotopic (exact) mass is 252 g/mol. The molecule has 0 spiro atoms. The van der Waals surface area contributed by atoms with E-state index in [2.05, 4.69) is 5.32 Å². The largest absolute Gasteiger partial charge is 0.369 e. The molecular weight excluding hydrogens is 236 g/mol. The number of benzene rings is 1. The van der Waals surface area contributed by atoms with Crippen LogP contribution in [-0.2, 0) is 9.59 Å². The molecule has 3 N–H and O–H groups in total. The molecule has 0 radical (unpaired) electrons. The lowest BCUT2D eigenvalue weighted by Crippen LogP contribution is -2.28. The first-order valence-corrected chi connectivity index (χ1v) is 6.45. The van der Waals surface area contributed by atoms with Crippen LogP contribution in [0.4, 0.5) is 0 Å². The lowest BCUT2D eigenvalue weighted by molar-refractivity contribution is -0.119. The molecule has 1 aromatic carbocycles. The number of nitrogens with one attached hydrogen (secondary N) is 1. The minimum absolute atomic E-state index is 0.0297. The van der Waals surface area contributed by atoms with Crippen LogP contribution >= 0.6 is 11.8 Å². The van der Waals surface area contributed by atoms with Crippen LogP contribution in [0.25, 0.3) is 0 Å². The molecule has 0 aromatic heterocycles. The first kappa shape index (κ1) is 13.6. The number of carbonyl (C=O) groups excluding carboxylic acids is 2. The predicted molar refractivity (Wildman–Crippen MR) is 69.5 cm³/mol. The maximum Gasteiger partial charge on any atom is 0.230 e. The van der Waals surface area contributed by atoms with Crippen LogP contribution in [0.5, 0.6) is 0 Å². The lowest BCUT2D eigenvalue weighted by atomic mass is 10.1. The Morgan fingerprint density at radius 2 is 1.94 bits per heavy atom. The number of carbonyl (C=O) groups is 2. The van der Waals surface area contributed by atoms with Crippen molar-refractivity contribution in [3.63, 3.8) is 0 Å². The highest BCUT2D eigenvalue weighted by Gasteiger charge is 2.09. The van der Waals surface area contributed by atoms with E-state index in [0.717, 1.165) is 5.56 Å². The normalized spacial score (nSPS) is 11.8. The zero-order valence-corrected chi connectivity index (χ0v) is 10.5. The van der Waals surface area contributed by atoms with Crippen molar-refractivity contribution in [3.05, 3.63) is 35.9 Å². The Hall–Kier alpha value is -1.49. The molecule has 0 aliphatic carbocycles. The molecule has 17 heavy (non-hydrogen) atoms. The van der Waals surface area contributed by atoms with Crippen LogP contribution < -0.4 is 11.1 Å². The molecule has 0 saturated carbocycles. The third-order valence-electron chi connectivity index (χ3n) is 2.15. The summed E-state index contributed by atoms with van der Waals surface area (Å²) in [6.45, 7) is 1.92. The number of primary amides is 1. The van der Waals surface area contributed by atoms with E-state index in [1.54, 1.807) is 0 Å². The van der Waals surface area contributed by atoms with Gasteiger partial charge in [0.15, 0.2) is 0 Å². The van der Waals surface area contributed by atoms with E-state index in [-0.39, 0.29) is 23.5 Å². The van der Waals surface area contributed by atoms with Crippen molar-refractivity contribution in [1.82, 2.24) is 5.32 Å². The van der Waals surface area contributed by atoms with Crippen LogP contribution in [0.2, 0.25) is 0 Å². The molecule has 0 bridgehead atoms. The molecule has 0 saturated heterocycles. The molecule has 5 heteroatoms. The highest BCUT2D eigenvalue weighted by Crippen LogP contribution is 2.11. The van der Waals surface area contributed by atoms with Gasteiger partial charge in [0.05, 0.1) is 17.5 Å². The van der Waals surface area contributed by atoms with E-state index in [1.807, 2.05) is 37.3 Å². The maximum absolute atomic E-state index is 11.5. The second kappa shape index (κ2) is 6.96. The van der Waals surface area contributed by atoms with Crippen molar-refractivity contribution in [2.45, 2.75) is 13.0 Å². The Labute approximate surface area is 105 Å². The highest BCUT2D eigenvalue weighted by molar-refractivity contribution is 8.00. The number of hydrogen-bond donors (Lipinski definition) is 2. The van der Waals surface area contributed by atoms with Crippen molar-refractivity contribution in [3.8, 4) is 0 Å². The molecule has 92 valence electrons. The van der Waals surface area contributed by atoms with Crippen LogP contribution in [0, 0.1) is 0 Å². The maximum atomic E-state index is 11.5. The number of thioether (sulfide) groups is 1. The third kappa shape index (κ3) is 5.40. The van der Waals surface area contributed by atoms with Crippen molar-refractivity contribution in [2.75, 3.05) is 11.5 Å².